The van der Waals surface area contributed by atoms with Crippen LogP contribution in [0.3, 0.4) is 0 Å². The predicted octanol–water partition coefficient (Wildman–Crippen LogP) is 3.61. The zero-order chi connectivity index (χ0) is 14.6. The van der Waals surface area contributed by atoms with Gasteiger partial charge in [-0.05, 0) is 43.4 Å². The molecule has 3 saturated heterocycles. The average Bonchev–Trinajstić information content (AvgIpc) is 3.11. The molecule has 0 aromatic heterocycles. The van der Waals surface area contributed by atoms with Crippen molar-refractivity contribution in [3.8, 4) is 0 Å². The monoisotopic (exact) mass is 294 g/mol. The molecule has 0 aromatic carbocycles. The van der Waals surface area contributed by atoms with Crippen molar-refractivity contribution in [2.45, 2.75) is 77.5 Å². The Balaban J connectivity index is 1.45. The second-order valence-electron chi connectivity index (χ2n) is 8.23. The van der Waals surface area contributed by atoms with E-state index in [1.165, 1.54) is 32.1 Å². The van der Waals surface area contributed by atoms with Gasteiger partial charge in [0.15, 0.2) is 6.29 Å². The molecule has 0 aromatic rings. The molecule has 3 heteroatoms. The summed E-state index contributed by atoms with van der Waals surface area (Å²) in [5.41, 5.74) is 0. The molecule has 21 heavy (non-hydrogen) atoms. The minimum atomic E-state index is 0.00171. The van der Waals surface area contributed by atoms with E-state index >= 15 is 0 Å². The van der Waals surface area contributed by atoms with Gasteiger partial charge >= 0.3 is 0 Å². The first-order chi connectivity index (χ1) is 10.1. The summed E-state index contributed by atoms with van der Waals surface area (Å²) in [6, 6.07) is 0. The van der Waals surface area contributed by atoms with Crippen LogP contribution < -0.4 is 0 Å². The zero-order valence-electron chi connectivity index (χ0n) is 13.7. The summed E-state index contributed by atoms with van der Waals surface area (Å²) in [5.74, 6) is 3.30. The van der Waals surface area contributed by atoms with Crippen molar-refractivity contribution in [2.75, 3.05) is 6.61 Å². The Kier molecular flexibility index (Phi) is 3.79. The van der Waals surface area contributed by atoms with Crippen LogP contribution in [-0.2, 0) is 14.2 Å². The van der Waals surface area contributed by atoms with Gasteiger partial charge in [-0.2, -0.15) is 0 Å². The largest absolute Gasteiger partial charge is 0.374 e. The Labute approximate surface area is 128 Å². The molecular formula is C18H30O3. The quantitative estimate of drug-likeness (QED) is 0.796. The third-order valence-corrected chi connectivity index (χ3v) is 6.52. The van der Waals surface area contributed by atoms with Crippen LogP contribution in [0.5, 0.6) is 0 Å². The lowest BCUT2D eigenvalue weighted by atomic mass is 9.75. The molecule has 4 rings (SSSR count). The fourth-order valence-corrected chi connectivity index (χ4v) is 5.30. The van der Waals surface area contributed by atoms with Crippen molar-refractivity contribution in [2.24, 2.45) is 29.6 Å². The predicted molar refractivity (Wildman–Crippen MR) is 80.8 cm³/mol. The average molecular weight is 294 g/mol. The molecule has 3 aliphatic heterocycles. The van der Waals surface area contributed by atoms with Gasteiger partial charge < -0.3 is 14.2 Å². The number of ether oxygens (including phenoxy) is 3. The minimum absolute atomic E-state index is 0.00171. The molecule has 4 fully saturated rings. The minimum Gasteiger partial charge on any atom is -0.374 e. The summed E-state index contributed by atoms with van der Waals surface area (Å²) >= 11 is 0. The molecular weight excluding hydrogens is 264 g/mol. The van der Waals surface area contributed by atoms with Gasteiger partial charge in [0.2, 0.25) is 0 Å². The number of hydrogen-bond acceptors (Lipinski definition) is 3. The molecule has 0 amide bonds. The fraction of sp³-hybridized carbons (Fsp3) is 1.00. The lowest BCUT2D eigenvalue weighted by molar-refractivity contribution is -0.198. The van der Waals surface area contributed by atoms with Gasteiger partial charge in [0, 0.05) is 11.8 Å². The van der Waals surface area contributed by atoms with E-state index in [0.717, 1.165) is 12.5 Å². The van der Waals surface area contributed by atoms with E-state index in [9.17, 15) is 0 Å². The molecule has 120 valence electrons. The molecule has 2 bridgehead atoms. The van der Waals surface area contributed by atoms with Gasteiger partial charge in [0.05, 0.1) is 24.9 Å². The van der Waals surface area contributed by atoms with E-state index in [2.05, 4.69) is 20.8 Å². The van der Waals surface area contributed by atoms with Gasteiger partial charge in [0.25, 0.3) is 0 Å². The Hall–Kier alpha value is -0.120. The van der Waals surface area contributed by atoms with Crippen LogP contribution in [0.1, 0.15) is 52.9 Å². The molecule has 3 nitrogen and oxygen atoms in total. The standard InChI is InChI=1S/C18H30O3/c1-10(2)12-5-4-11(3)8-16(12)21-18-17-13(9-19-18)14-6-7-15(17)20-14/h10-18H,4-9H2,1-3H3/t11-,12+,13-,14+,15-,16?,17-,18-/m1/s1. The highest BCUT2D eigenvalue weighted by atomic mass is 16.7. The number of hydrogen-bond donors (Lipinski definition) is 0. The summed E-state index contributed by atoms with van der Waals surface area (Å²) in [5, 5.41) is 0. The topological polar surface area (TPSA) is 27.7 Å². The van der Waals surface area contributed by atoms with Gasteiger partial charge in [-0.15, -0.1) is 0 Å². The summed E-state index contributed by atoms with van der Waals surface area (Å²) in [4.78, 5) is 0. The van der Waals surface area contributed by atoms with Crippen LogP contribution in [0.15, 0.2) is 0 Å². The first-order valence-electron chi connectivity index (χ1n) is 9.06. The second kappa shape index (κ2) is 5.50. The summed E-state index contributed by atoms with van der Waals surface area (Å²) in [7, 11) is 0. The van der Waals surface area contributed by atoms with Gasteiger partial charge in [-0.3, -0.25) is 0 Å². The third kappa shape index (κ3) is 2.46. The SMILES string of the molecule is CC(C)[C@@H]1CC[C@@H](C)CC1O[C@H]1OC[C@H]2[C@@H]1[C@H]1CC[C@@H]2O1. The molecule has 1 saturated carbocycles. The Morgan fingerprint density at radius 1 is 1.05 bits per heavy atom. The second-order valence-corrected chi connectivity index (χ2v) is 8.23. The van der Waals surface area contributed by atoms with Crippen molar-refractivity contribution >= 4 is 0 Å². The Morgan fingerprint density at radius 3 is 2.67 bits per heavy atom. The Morgan fingerprint density at radius 2 is 1.86 bits per heavy atom. The van der Waals surface area contributed by atoms with Crippen LogP contribution in [0.2, 0.25) is 0 Å². The first kappa shape index (κ1) is 14.5. The van der Waals surface area contributed by atoms with Gasteiger partial charge in [-0.1, -0.05) is 27.2 Å². The van der Waals surface area contributed by atoms with Gasteiger partial charge in [0.1, 0.15) is 0 Å². The zero-order valence-corrected chi connectivity index (χ0v) is 13.7. The molecule has 3 heterocycles. The van der Waals surface area contributed by atoms with E-state index in [4.69, 9.17) is 14.2 Å². The van der Waals surface area contributed by atoms with E-state index in [0.29, 0.717) is 42.0 Å². The molecule has 1 aliphatic carbocycles. The maximum absolute atomic E-state index is 6.56. The van der Waals surface area contributed by atoms with Crippen LogP contribution in [0, 0.1) is 29.6 Å². The van der Waals surface area contributed by atoms with E-state index in [1.807, 2.05) is 0 Å². The van der Waals surface area contributed by atoms with E-state index in [-0.39, 0.29) is 6.29 Å². The molecule has 0 radical (unpaired) electrons. The number of fused-ring (bicyclic) bond motifs is 5. The summed E-state index contributed by atoms with van der Waals surface area (Å²) < 4.78 is 18.7. The molecule has 4 aliphatic rings. The van der Waals surface area contributed by atoms with E-state index in [1.54, 1.807) is 0 Å². The van der Waals surface area contributed by atoms with Gasteiger partial charge in [-0.25, -0.2) is 0 Å². The summed E-state index contributed by atoms with van der Waals surface area (Å²) in [6.45, 7) is 7.91. The highest BCUT2D eigenvalue weighted by Crippen LogP contribution is 2.50. The molecule has 0 spiro atoms. The highest BCUT2D eigenvalue weighted by molar-refractivity contribution is 5.01. The normalized spacial score (nSPS) is 52.6. The van der Waals surface area contributed by atoms with Crippen molar-refractivity contribution in [3.05, 3.63) is 0 Å². The lowest BCUT2D eigenvalue weighted by Crippen LogP contribution is -2.40. The Bertz CT molecular complexity index is 383. The van der Waals surface area contributed by atoms with Crippen molar-refractivity contribution in [1.29, 1.82) is 0 Å². The summed E-state index contributed by atoms with van der Waals surface area (Å²) in [6.07, 6.45) is 7.57. The number of rotatable bonds is 3. The fourth-order valence-electron chi connectivity index (χ4n) is 5.30. The lowest BCUT2D eigenvalue weighted by Gasteiger charge is -2.39. The third-order valence-electron chi connectivity index (χ3n) is 6.52. The maximum atomic E-state index is 6.56. The molecule has 0 N–H and O–H groups in total. The van der Waals surface area contributed by atoms with Crippen molar-refractivity contribution < 1.29 is 14.2 Å². The van der Waals surface area contributed by atoms with Crippen molar-refractivity contribution in [1.82, 2.24) is 0 Å². The highest BCUT2D eigenvalue weighted by Gasteiger charge is 2.57. The van der Waals surface area contributed by atoms with Crippen LogP contribution in [0.25, 0.3) is 0 Å². The van der Waals surface area contributed by atoms with Crippen molar-refractivity contribution in [3.63, 3.8) is 0 Å². The van der Waals surface area contributed by atoms with Crippen LogP contribution in [-0.4, -0.2) is 31.2 Å². The first-order valence-corrected chi connectivity index (χ1v) is 9.06. The maximum Gasteiger partial charge on any atom is 0.163 e. The smallest absolute Gasteiger partial charge is 0.163 e. The van der Waals surface area contributed by atoms with Crippen LogP contribution >= 0.6 is 0 Å². The van der Waals surface area contributed by atoms with E-state index < -0.39 is 0 Å². The van der Waals surface area contributed by atoms with Crippen LogP contribution in [0.4, 0.5) is 0 Å². The molecule has 8 atom stereocenters. The molecule has 1 unspecified atom stereocenters.